The van der Waals surface area contributed by atoms with Crippen molar-refractivity contribution >= 4 is 5.91 Å². The van der Waals surface area contributed by atoms with Crippen molar-refractivity contribution in [2.75, 3.05) is 13.2 Å². The monoisotopic (exact) mass is 928 g/mol. The zero-order chi connectivity index (χ0) is 47.6. The van der Waals surface area contributed by atoms with Crippen molar-refractivity contribution in [2.24, 2.45) is 0 Å². The summed E-state index contributed by atoms with van der Waals surface area (Å²) in [7, 11) is 0. The Morgan fingerprint density at radius 1 is 0.523 bits per heavy atom. The first-order chi connectivity index (χ1) is 31.7. The van der Waals surface area contributed by atoms with Crippen molar-refractivity contribution in [3.63, 3.8) is 0 Å². The molecule has 0 saturated carbocycles. The van der Waals surface area contributed by atoms with Crippen LogP contribution in [0.3, 0.4) is 0 Å². The van der Waals surface area contributed by atoms with Crippen LogP contribution in [0.25, 0.3) is 0 Å². The minimum atomic E-state index is -1.66. The second-order valence-corrected chi connectivity index (χ2v) is 19.7. The number of carbonyl (C=O) groups excluding carboxylic acids is 1. The number of aliphatic hydroxyl groups excluding tert-OH is 7. The minimum absolute atomic E-state index is 0.258. The molecule has 8 N–H and O–H groups in total. The van der Waals surface area contributed by atoms with Gasteiger partial charge in [-0.2, -0.15) is 0 Å². The Morgan fingerprint density at radius 2 is 0.908 bits per heavy atom. The number of carbonyl (C=O) groups is 1. The average Bonchev–Trinajstić information content (AvgIpc) is 3.31. The third-order valence-electron chi connectivity index (χ3n) is 13.6. The van der Waals surface area contributed by atoms with Crippen LogP contribution in [-0.4, -0.2) is 110 Å². The van der Waals surface area contributed by atoms with E-state index < -0.39 is 74.2 Å². The van der Waals surface area contributed by atoms with Crippen molar-refractivity contribution < 1.29 is 50.0 Å². The van der Waals surface area contributed by atoms with E-state index in [1.165, 1.54) is 180 Å². The Kier molecular flexibility index (Phi) is 42.0. The summed E-state index contributed by atoms with van der Waals surface area (Å²) in [5, 5.41) is 75.9. The van der Waals surface area contributed by atoms with E-state index >= 15 is 0 Å². The molecule has 0 aliphatic carbocycles. The van der Waals surface area contributed by atoms with Crippen LogP contribution in [-0.2, 0) is 14.3 Å². The van der Waals surface area contributed by atoms with Gasteiger partial charge in [0.25, 0.3) is 0 Å². The molecule has 1 aliphatic rings. The number of unbranched alkanes of at least 4 members (excludes halogenated alkanes) is 33. The summed E-state index contributed by atoms with van der Waals surface area (Å²) in [6.07, 6.45) is 38.5. The predicted molar refractivity (Wildman–Crippen MR) is 266 cm³/mol. The Bertz CT molecular complexity index is 1060. The number of ether oxygens (including phenoxy) is 2. The van der Waals surface area contributed by atoms with Crippen LogP contribution in [0.15, 0.2) is 12.2 Å². The standard InChI is InChI=1S/C54H105NO10/c1-3-5-7-9-11-13-15-17-18-19-20-21-22-23-24-25-26-27-28-30-31-33-35-37-39-41-46(57)49(59)45(44-64-54-52(62)51(61)50(60)48(43-56)65-54)55-53(63)47(58)42-40-38-36-34-32-29-16-14-12-10-8-6-4-2/h33,35,45-52,54,56-62H,3-32,34,36-44H2,1-2H3,(H,55,63)/b35-33+. The van der Waals surface area contributed by atoms with Gasteiger partial charge in [0.1, 0.15) is 36.6 Å². The van der Waals surface area contributed by atoms with Gasteiger partial charge in [0, 0.05) is 0 Å². The number of rotatable bonds is 47. The molecule has 1 saturated heterocycles. The predicted octanol–water partition coefficient (Wildman–Crippen LogP) is 10.8. The van der Waals surface area contributed by atoms with Crippen LogP contribution in [0.4, 0.5) is 0 Å². The first-order valence-corrected chi connectivity index (χ1v) is 27.6. The smallest absolute Gasteiger partial charge is 0.249 e. The molecule has 0 aromatic carbocycles. The highest BCUT2D eigenvalue weighted by Crippen LogP contribution is 2.23. The lowest BCUT2D eigenvalue weighted by Gasteiger charge is -2.40. The van der Waals surface area contributed by atoms with Gasteiger partial charge in [-0.15, -0.1) is 0 Å². The molecular weight excluding hydrogens is 823 g/mol. The molecule has 9 unspecified atom stereocenters. The molecule has 1 heterocycles. The summed E-state index contributed by atoms with van der Waals surface area (Å²) in [4.78, 5) is 13.1. The maximum atomic E-state index is 13.1. The molecule has 0 radical (unpaired) electrons. The van der Waals surface area contributed by atoms with Gasteiger partial charge in [-0.1, -0.05) is 231 Å². The molecule has 11 nitrogen and oxygen atoms in total. The van der Waals surface area contributed by atoms with Crippen LogP contribution in [0.2, 0.25) is 0 Å². The fourth-order valence-corrected chi connectivity index (χ4v) is 9.03. The van der Waals surface area contributed by atoms with E-state index in [9.17, 15) is 40.5 Å². The van der Waals surface area contributed by atoms with Gasteiger partial charge < -0.3 is 50.5 Å². The number of allylic oxidation sites excluding steroid dienone is 2. The minimum Gasteiger partial charge on any atom is -0.394 e. The lowest BCUT2D eigenvalue weighted by atomic mass is 9.98. The molecule has 1 aliphatic heterocycles. The summed E-state index contributed by atoms with van der Waals surface area (Å²) in [5.41, 5.74) is 0. The quantitative estimate of drug-likeness (QED) is 0.0215. The number of hydrogen-bond acceptors (Lipinski definition) is 10. The summed E-state index contributed by atoms with van der Waals surface area (Å²) in [5.74, 6) is -0.703. The van der Waals surface area contributed by atoms with E-state index in [4.69, 9.17) is 9.47 Å². The molecular formula is C54H105NO10. The molecule has 0 bridgehead atoms. The molecule has 386 valence electrons. The van der Waals surface area contributed by atoms with E-state index in [0.29, 0.717) is 12.8 Å². The van der Waals surface area contributed by atoms with Crippen molar-refractivity contribution in [3.05, 3.63) is 12.2 Å². The molecule has 65 heavy (non-hydrogen) atoms. The molecule has 1 amide bonds. The van der Waals surface area contributed by atoms with Crippen LogP contribution < -0.4 is 5.32 Å². The van der Waals surface area contributed by atoms with E-state index in [1.807, 2.05) is 0 Å². The van der Waals surface area contributed by atoms with Crippen LogP contribution in [0.1, 0.15) is 258 Å². The molecule has 0 aromatic heterocycles. The zero-order valence-corrected chi connectivity index (χ0v) is 42.0. The first kappa shape index (κ1) is 61.9. The topological polar surface area (TPSA) is 189 Å². The molecule has 0 spiro atoms. The van der Waals surface area contributed by atoms with E-state index in [-0.39, 0.29) is 12.8 Å². The molecule has 11 heteroatoms. The average molecular weight is 928 g/mol. The summed E-state index contributed by atoms with van der Waals surface area (Å²) in [6, 6.07) is -1.18. The van der Waals surface area contributed by atoms with E-state index in [0.717, 1.165) is 38.5 Å². The van der Waals surface area contributed by atoms with Crippen molar-refractivity contribution in [3.8, 4) is 0 Å². The van der Waals surface area contributed by atoms with Gasteiger partial charge in [-0.25, -0.2) is 0 Å². The maximum absolute atomic E-state index is 13.1. The molecule has 1 fully saturated rings. The van der Waals surface area contributed by atoms with Crippen LogP contribution in [0.5, 0.6) is 0 Å². The lowest BCUT2D eigenvalue weighted by molar-refractivity contribution is -0.303. The Morgan fingerprint density at radius 3 is 1.32 bits per heavy atom. The van der Waals surface area contributed by atoms with Gasteiger partial charge in [-0.3, -0.25) is 4.79 Å². The van der Waals surface area contributed by atoms with Gasteiger partial charge in [0.2, 0.25) is 5.91 Å². The maximum Gasteiger partial charge on any atom is 0.249 e. The van der Waals surface area contributed by atoms with Gasteiger partial charge in [0.05, 0.1) is 25.4 Å². The number of amides is 1. The van der Waals surface area contributed by atoms with Gasteiger partial charge in [-0.05, 0) is 38.5 Å². The third-order valence-corrected chi connectivity index (χ3v) is 13.6. The lowest BCUT2D eigenvalue weighted by Crippen LogP contribution is -2.60. The highest BCUT2D eigenvalue weighted by atomic mass is 16.7. The van der Waals surface area contributed by atoms with Crippen LogP contribution in [0, 0.1) is 0 Å². The van der Waals surface area contributed by atoms with Crippen LogP contribution >= 0.6 is 0 Å². The molecule has 0 aromatic rings. The Balaban J connectivity index is 2.32. The number of nitrogens with one attached hydrogen (secondary N) is 1. The fourth-order valence-electron chi connectivity index (χ4n) is 9.03. The largest absolute Gasteiger partial charge is 0.394 e. The normalized spacial score (nSPS) is 20.9. The van der Waals surface area contributed by atoms with Gasteiger partial charge >= 0.3 is 0 Å². The van der Waals surface area contributed by atoms with E-state index in [2.05, 4.69) is 31.3 Å². The second-order valence-electron chi connectivity index (χ2n) is 19.7. The molecule has 9 atom stereocenters. The van der Waals surface area contributed by atoms with Gasteiger partial charge in [0.15, 0.2) is 6.29 Å². The third kappa shape index (κ3) is 33.1. The first-order valence-electron chi connectivity index (χ1n) is 27.6. The molecule has 1 rings (SSSR count). The summed E-state index contributed by atoms with van der Waals surface area (Å²) in [6.45, 7) is 3.45. The van der Waals surface area contributed by atoms with Crippen molar-refractivity contribution in [2.45, 2.75) is 313 Å². The van der Waals surface area contributed by atoms with Crippen molar-refractivity contribution in [1.29, 1.82) is 0 Å². The fraction of sp³-hybridized carbons (Fsp3) is 0.944. The Labute approximate surface area is 398 Å². The Hall–Kier alpha value is -1.15. The van der Waals surface area contributed by atoms with E-state index in [1.54, 1.807) is 0 Å². The number of hydrogen-bond donors (Lipinski definition) is 8. The number of aliphatic hydroxyl groups is 7. The zero-order valence-electron chi connectivity index (χ0n) is 42.0. The highest BCUT2D eigenvalue weighted by Gasteiger charge is 2.44. The van der Waals surface area contributed by atoms with Crippen molar-refractivity contribution in [1.82, 2.24) is 5.32 Å². The summed E-state index contributed by atoms with van der Waals surface area (Å²) < 4.78 is 11.1. The SMILES string of the molecule is CCCCCCCCCCCCCCCCCCCCCC/C=C/CCCC(O)C(O)C(COC1OC(CO)C(O)C(O)C1O)NC(=O)C(O)CCCCCCCCCCCCCCC. The summed E-state index contributed by atoms with van der Waals surface area (Å²) >= 11 is 0. The highest BCUT2D eigenvalue weighted by molar-refractivity contribution is 5.80. The second kappa shape index (κ2) is 44.1.